The first-order chi connectivity index (χ1) is 6.66. The highest BCUT2D eigenvalue weighted by molar-refractivity contribution is 5.93. The molecule has 1 heterocycles. The molecule has 4 heteroatoms. The molecule has 0 bridgehead atoms. The third-order valence-electron chi connectivity index (χ3n) is 2.09. The van der Waals surface area contributed by atoms with Gasteiger partial charge in [-0.15, -0.1) is 0 Å². The van der Waals surface area contributed by atoms with Crippen LogP contribution in [0.5, 0.6) is 0 Å². The molecule has 0 saturated carbocycles. The molecule has 1 amide bonds. The minimum Gasteiger partial charge on any atom is -0.336 e. The highest BCUT2D eigenvalue weighted by Crippen LogP contribution is 2.07. The number of nitrogens with zero attached hydrogens (tertiary/aromatic N) is 2. The molecule has 1 aromatic heterocycles. The molecule has 1 rings (SSSR count). The van der Waals surface area contributed by atoms with Crippen LogP contribution in [0.4, 0.5) is 0 Å². The van der Waals surface area contributed by atoms with Crippen LogP contribution in [0.3, 0.4) is 0 Å². The lowest BCUT2D eigenvalue weighted by Crippen LogP contribution is -2.37. The van der Waals surface area contributed by atoms with Gasteiger partial charge < -0.3 is 4.90 Å². The van der Waals surface area contributed by atoms with E-state index < -0.39 is 0 Å². The van der Waals surface area contributed by atoms with E-state index in [9.17, 15) is 4.79 Å². The molecule has 4 nitrogen and oxygen atoms in total. The van der Waals surface area contributed by atoms with Gasteiger partial charge in [0.1, 0.15) is 0 Å². The molecule has 0 atom stereocenters. The Labute approximate surface area is 84.3 Å². The van der Waals surface area contributed by atoms with Crippen molar-refractivity contribution >= 4 is 5.91 Å². The second-order valence-corrected chi connectivity index (χ2v) is 3.58. The van der Waals surface area contributed by atoms with Crippen LogP contribution in [-0.2, 0) is 0 Å². The van der Waals surface area contributed by atoms with E-state index in [-0.39, 0.29) is 11.9 Å². The number of amides is 1. The molecule has 0 saturated heterocycles. The first-order valence-corrected chi connectivity index (χ1v) is 4.96. The zero-order valence-corrected chi connectivity index (χ0v) is 8.95. The summed E-state index contributed by atoms with van der Waals surface area (Å²) in [5.41, 5.74) is 0.632. The van der Waals surface area contributed by atoms with Crippen molar-refractivity contribution in [3.8, 4) is 0 Å². The number of carbonyl (C=O) groups excluding carboxylic acids is 1. The maximum atomic E-state index is 11.9. The molecule has 78 valence electrons. The minimum atomic E-state index is 0.0515. The Bertz CT molecular complexity index is 280. The number of aromatic nitrogens is 2. The molecule has 0 aliphatic carbocycles. The summed E-state index contributed by atoms with van der Waals surface area (Å²) in [4.78, 5) is 13.8. The summed E-state index contributed by atoms with van der Waals surface area (Å²) in [5.74, 6) is 0.0515. The normalized spacial score (nSPS) is 10.6. The third kappa shape index (κ3) is 2.34. The molecule has 1 N–H and O–H groups in total. The first kappa shape index (κ1) is 10.8. The third-order valence-corrected chi connectivity index (χ3v) is 2.09. The fraction of sp³-hybridized carbons (Fsp3) is 0.600. The zero-order chi connectivity index (χ0) is 10.6. The van der Waals surface area contributed by atoms with Gasteiger partial charge >= 0.3 is 0 Å². The highest BCUT2D eigenvalue weighted by Gasteiger charge is 2.18. The minimum absolute atomic E-state index is 0.0515. The van der Waals surface area contributed by atoms with E-state index in [2.05, 4.69) is 17.1 Å². The number of aromatic amines is 1. The number of hydrogen-bond acceptors (Lipinski definition) is 2. The Balaban J connectivity index is 2.74. The maximum Gasteiger partial charge on any atom is 0.257 e. The predicted molar refractivity (Wildman–Crippen MR) is 55.1 cm³/mol. The van der Waals surface area contributed by atoms with Crippen LogP contribution >= 0.6 is 0 Å². The molecular weight excluding hydrogens is 178 g/mol. The van der Waals surface area contributed by atoms with Crippen molar-refractivity contribution in [3.05, 3.63) is 18.0 Å². The smallest absolute Gasteiger partial charge is 0.257 e. The van der Waals surface area contributed by atoms with E-state index in [0.717, 1.165) is 13.0 Å². The van der Waals surface area contributed by atoms with E-state index >= 15 is 0 Å². The Morgan fingerprint density at radius 2 is 2.36 bits per heavy atom. The van der Waals surface area contributed by atoms with Crippen molar-refractivity contribution in [2.24, 2.45) is 0 Å². The van der Waals surface area contributed by atoms with Gasteiger partial charge in [-0.1, -0.05) is 6.92 Å². The second kappa shape index (κ2) is 4.79. The highest BCUT2D eigenvalue weighted by atomic mass is 16.2. The Hall–Kier alpha value is -1.32. The van der Waals surface area contributed by atoms with Gasteiger partial charge in [-0.25, -0.2) is 0 Å². The summed E-state index contributed by atoms with van der Waals surface area (Å²) < 4.78 is 0. The van der Waals surface area contributed by atoms with Crippen LogP contribution in [0, 0.1) is 0 Å². The van der Waals surface area contributed by atoms with Crippen LogP contribution < -0.4 is 0 Å². The van der Waals surface area contributed by atoms with Crippen LogP contribution in [0.1, 0.15) is 37.6 Å². The van der Waals surface area contributed by atoms with E-state index in [0.29, 0.717) is 5.56 Å². The number of nitrogens with one attached hydrogen (secondary N) is 1. The predicted octanol–water partition coefficient (Wildman–Crippen LogP) is 1.67. The summed E-state index contributed by atoms with van der Waals surface area (Å²) in [6.07, 6.45) is 4.17. The lowest BCUT2D eigenvalue weighted by molar-refractivity contribution is 0.0706. The average molecular weight is 195 g/mol. The summed E-state index contributed by atoms with van der Waals surface area (Å²) in [5, 5.41) is 6.42. The SMILES string of the molecule is CCCN(C(=O)c1cn[nH]c1)C(C)C. The van der Waals surface area contributed by atoms with Crippen molar-refractivity contribution in [1.82, 2.24) is 15.1 Å². The molecule has 0 spiro atoms. The van der Waals surface area contributed by atoms with Gasteiger partial charge in [0.2, 0.25) is 0 Å². The Morgan fingerprint density at radius 1 is 1.64 bits per heavy atom. The molecule has 0 aliphatic heterocycles. The van der Waals surface area contributed by atoms with Crippen molar-refractivity contribution in [2.45, 2.75) is 33.2 Å². The van der Waals surface area contributed by atoms with Crippen molar-refractivity contribution in [3.63, 3.8) is 0 Å². The topological polar surface area (TPSA) is 49.0 Å². The van der Waals surface area contributed by atoms with Crippen LogP contribution in [0.2, 0.25) is 0 Å². The van der Waals surface area contributed by atoms with Gasteiger partial charge in [-0.3, -0.25) is 9.89 Å². The number of rotatable bonds is 4. The first-order valence-electron chi connectivity index (χ1n) is 4.96. The van der Waals surface area contributed by atoms with Crippen molar-refractivity contribution in [2.75, 3.05) is 6.54 Å². The Kier molecular flexibility index (Phi) is 3.68. The number of carbonyl (C=O) groups is 1. The molecule has 0 fully saturated rings. The van der Waals surface area contributed by atoms with Gasteiger partial charge in [0.25, 0.3) is 5.91 Å². The fourth-order valence-electron chi connectivity index (χ4n) is 1.37. The number of H-pyrrole nitrogens is 1. The molecule has 14 heavy (non-hydrogen) atoms. The maximum absolute atomic E-state index is 11.9. The van der Waals surface area contributed by atoms with E-state index in [1.807, 2.05) is 18.7 Å². The quantitative estimate of drug-likeness (QED) is 0.794. The van der Waals surface area contributed by atoms with Gasteiger partial charge in [0.15, 0.2) is 0 Å². The van der Waals surface area contributed by atoms with Crippen LogP contribution in [-0.4, -0.2) is 33.6 Å². The van der Waals surface area contributed by atoms with E-state index in [4.69, 9.17) is 0 Å². The largest absolute Gasteiger partial charge is 0.336 e. The number of hydrogen-bond donors (Lipinski definition) is 1. The molecule has 0 aliphatic rings. The van der Waals surface area contributed by atoms with Gasteiger partial charge in [0, 0.05) is 18.8 Å². The monoisotopic (exact) mass is 195 g/mol. The van der Waals surface area contributed by atoms with Crippen LogP contribution in [0.15, 0.2) is 12.4 Å². The van der Waals surface area contributed by atoms with Gasteiger partial charge in [-0.2, -0.15) is 5.10 Å². The standard InChI is InChI=1S/C10H17N3O/c1-4-5-13(8(2)3)10(14)9-6-11-12-7-9/h6-8H,4-5H2,1-3H3,(H,11,12). The van der Waals surface area contributed by atoms with Crippen molar-refractivity contribution < 1.29 is 4.79 Å². The summed E-state index contributed by atoms with van der Waals surface area (Å²) in [6.45, 7) is 6.90. The van der Waals surface area contributed by atoms with Crippen molar-refractivity contribution in [1.29, 1.82) is 0 Å². The molecular formula is C10H17N3O. The van der Waals surface area contributed by atoms with E-state index in [1.54, 1.807) is 12.4 Å². The molecule has 0 unspecified atom stereocenters. The summed E-state index contributed by atoms with van der Waals surface area (Å²) in [7, 11) is 0. The van der Waals surface area contributed by atoms with Gasteiger partial charge in [-0.05, 0) is 20.3 Å². The van der Waals surface area contributed by atoms with E-state index in [1.165, 1.54) is 0 Å². The lowest BCUT2D eigenvalue weighted by atomic mass is 10.2. The zero-order valence-electron chi connectivity index (χ0n) is 8.95. The van der Waals surface area contributed by atoms with Crippen LogP contribution in [0.25, 0.3) is 0 Å². The summed E-state index contributed by atoms with van der Waals surface area (Å²) >= 11 is 0. The fourth-order valence-corrected chi connectivity index (χ4v) is 1.37. The average Bonchev–Trinajstić information content (AvgIpc) is 2.65. The Morgan fingerprint density at radius 3 is 2.79 bits per heavy atom. The molecule has 0 radical (unpaired) electrons. The summed E-state index contributed by atoms with van der Waals surface area (Å²) in [6, 6.07) is 0.234. The lowest BCUT2D eigenvalue weighted by Gasteiger charge is -2.25. The molecule has 0 aromatic carbocycles. The molecule has 1 aromatic rings. The van der Waals surface area contributed by atoms with Gasteiger partial charge in [0.05, 0.1) is 11.8 Å². The second-order valence-electron chi connectivity index (χ2n) is 3.58.